The van der Waals surface area contributed by atoms with Crippen LogP contribution in [-0.4, -0.2) is 44.8 Å². The standard InChI is InChI=1S/C19H25N3O3S/c1-24-15-5-6-16(18(11-15)25-2)21-19(23)20-12-17(14-7-10-26-13-14)22-8-3-4-9-22/h5-7,10-11,13,17H,3-4,8-9,12H2,1-2H3,(H2,20,21,23). The van der Waals surface area contributed by atoms with Gasteiger partial charge in [-0.05, 0) is 60.5 Å². The molecule has 0 aliphatic carbocycles. The minimum absolute atomic E-state index is 0.215. The zero-order chi connectivity index (χ0) is 18.4. The molecule has 1 unspecified atom stereocenters. The first-order valence-corrected chi connectivity index (χ1v) is 9.68. The number of thiophene rings is 1. The Kier molecular flexibility index (Phi) is 6.35. The maximum atomic E-state index is 12.4. The molecule has 1 saturated heterocycles. The molecule has 26 heavy (non-hydrogen) atoms. The molecule has 1 aromatic carbocycles. The highest BCUT2D eigenvalue weighted by atomic mass is 32.1. The summed E-state index contributed by atoms with van der Waals surface area (Å²) in [5, 5.41) is 10.1. The lowest BCUT2D eigenvalue weighted by atomic mass is 10.1. The molecule has 2 aromatic rings. The predicted octanol–water partition coefficient (Wildman–Crippen LogP) is 3.72. The molecule has 0 saturated carbocycles. The quantitative estimate of drug-likeness (QED) is 0.774. The van der Waals surface area contributed by atoms with E-state index in [-0.39, 0.29) is 12.1 Å². The van der Waals surface area contributed by atoms with Gasteiger partial charge in [-0.25, -0.2) is 4.79 Å². The van der Waals surface area contributed by atoms with Gasteiger partial charge in [0.15, 0.2) is 0 Å². The Hall–Kier alpha value is -2.25. The van der Waals surface area contributed by atoms with Gasteiger partial charge in [-0.2, -0.15) is 11.3 Å². The van der Waals surface area contributed by atoms with E-state index in [9.17, 15) is 4.79 Å². The summed E-state index contributed by atoms with van der Waals surface area (Å²) in [6, 6.07) is 7.42. The lowest BCUT2D eigenvalue weighted by Gasteiger charge is -2.27. The molecule has 7 heteroatoms. The van der Waals surface area contributed by atoms with Crippen molar-refractivity contribution in [1.29, 1.82) is 0 Å². The molecule has 0 bridgehead atoms. The number of methoxy groups -OCH3 is 2. The molecule has 6 nitrogen and oxygen atoms in total. The Labute approximate surface area is 158 Å². The molecule has 1 atom stereocenters. The Bertz CT molecular complexity index is 715. The number of ether oxygens (including phenoxy) is 2. The van der Waals surface area contributed by atoms with Gasteiger partial charge < -0.3 is 20.1 Å². The number of amides is 2. The van der Waals surface area contributed by atoms with Crippen molar-refractivity contribution < 1.29 is 14.3 Å². The second-order valence-corrected chi connectivity index (χ2v) is 7.00. The summed E-state index contributed by atoms with van der Waals surface area (Å²) < 4.78 is 10.5. The first-order chi connectivity index (χ1) is 12.7. The largest absolute Gasteiger partial charge is 0.497 e. The SMILES string of the molecule is COc1ccc(NC(=O)NCC(c2ccsc2)N2CCCC2)c(OC)c1. The van der Waals surface area contributed by atoms with Crippen molar-refractivity contribution in [2.75, 3.05) is 39.2 Å². The fourth-order valence-electron chi connectivity index (χ4n) is 3.23. The molecule has 0 spiro atoms. The van der Waals surface area contributed by atoms with Crippen LogP contribution >= 0.6 is 11.3 Å². The van der Waals surface area contributed by atoms with E-state index in [1.807, 2.05) is 0 Å². The van der Waals surface area contributed by atoms with Gasteiger partial charge in [0.25, 0.3) is 0 Å². The van der Waals surface area contributed by atoms with Gasteiger partial charge in [-0.15, -0.1) is 0 Å². The second kappa shape index (κ2) is 8.91. The summed E-state index contributed by atoms with van der Waals surface area (Å²) in [5.74, 6) is 1.24. The molecule has 3 rings (SSSR count). The van der Waals surface area contributed by atoms with Gasteiger partial charge in [-0.3, -0.25) is 4.90 Å². The van der Waals surface area contributed by atoms with Crippen LogP contribution in [0.2, 0.25) is 0 Å². The predicted molar refractivity (Wildman–Crippen MR) is 104 cm³/mol. The maximum absolute atomic E-state index is 12.4. The topological polar surface area (TPSA) is 62.8 Å². The van der Waals surface area contributed by atoms with Crippen LogP contribution in [-0.2, 0) is 0 Å². The summed E-state index contributed by atoms with van der Waals surface area (Å²) in [5.41, 5.74) is 1.87. The third kappa shape index (κ3) is 4.47. The van der Waals surface area contributed by atoms with E-state index in [2.05, 4.69) is 32.4 Å². The van der Waals surface area contributed by atoms with Crippen LogP contribution in [0.15, 0.2) is 35.0 Å². The third-order valence-corrected chi connectivity index (χ3v) is 5.32. The van der Waals surface area contributed by atoms with Crippen LogP contribution in [0, 0.1) is 0 Å². The van der Waals surface area contributed by atoms with Crippen molar-refractivity contribution in [1.82, 2.24) is 10.2 Å². The van der Waals surface area contributed by atoms with Crippen molar-refractivity contribution in [3.05, 3.63) is 40.6 Å². The molecule has 1 aromatic heterocycles. The minimum atomic E-state index is -0.243. The smallest absolute Gasteiger partial charge is 0.319 e. The number of urea groups is 1. The fraction of sp³-hybridized carbons (Fsp3) is 0.421. The van der Waals surface area contributed by atoms with Gasteiger partial charge in [0.05, 0.1) is 25.9 Å². The van der Waals surface area contributed by atoms with E-state index in [1.54, 1.807) is 43.8 Å². The fourth-order valence-corrected chi connectivity index (χ4v) is 3.94. The number of carbonyl (C=O) groups excluding carboxylic acids is 1. The summed E-state index contributed by atoms with van der Waals surface area (Å²) in [4.78, 5) is 14.8. The Morgan fingerprint density at radius 2 is 2.04 bits per heavy atom. The summed E-state index contributed by atoms with van der Waals surface area (Å²) in [6.45, 7) is 2.73. The highest BCUT2D eigenvalue weighted by molar-refractivity contribution is 7.07. The summed E-state index contributed by atoms with van der Waals surface area (Å²) >= 11 is 1.69. The molecule has 2 N–H and O–H groups in total. The Morgan fingerprint density at radius 1 is 1.23 bits per heavy atom. The normalized spacial score (nSPS) is 15.5. The van der Waals surface area contributed by atoms with E-state index in [1.165, 1.54) is 18.4 Å². The summed E-state index contributed by atoms with van der Waals surface area (Å²) in [7, 11) is 3.16. The van der Waals surface area contributed by atoms with Crippen LogP contribution in [0.1, 0.15) is 24.4 Å². The zero-order valence-electron chi connectivity index (χ0n) is 15.2. The number of nitrogens with one attached hydrogen (secondary N) is 2. The molecule has 140 valence electrons. The first-order valence-electron chi connectivity index (χ1n) is 8.74. The van der Waals surface area contributed by atoms with Crippen molar-refractivity contribution >= 4 is 23.1 Å². The van der Waals surface area contributed by atoms with Crippen molar-refractivity contribution in [2.45, 2.75) is 18.9 Å². The maximum Gasteiger partial charge on any atom is 0.319 e. The zero-order valence-corrected chi connectivity index (χ0v) is 16.0. The van der Waals surface area contributed by atoms with Gasteiger partial charge in [0, 0.05) is 12.6 Å². The molecule has 0 radical (unpaired) electrons. The molecular formula is C19H25N3O3S. The van der Waals surface area contributed by atoms with Crippen molar-refractivity contribution in [3.63, 3.8) is 0 Å². The second-order valence-electron chi connectivity index (χ2n) is 6.22. The average Bonchev–Trinajstić information content (AvgIpc) is 3.37. The Morgan fingerprint density at radius 3 is 2.69 bits per heavy atom. The van der Waals surface area contributed by atoms with E-state index in [0.717, 1.165) is 13.1 Å². The van der Waals surface area contributed by atoms with Gasteiger partial charge in [0.2, 0.25) is 0 Å². The molecule has 2 heterocycles. The number of likely N-dealkylation sites (tertiary alicyclic amines) is 1. The number of benzene rings is 1. The minimum Gasteiger partial charge on any atom is -0.497 e. The highest BCUT2D eigenvalue weighted by Gasteiger charge is 2.24. The van der Waals surface area contributed by atoms with E-state index in [0.29, 0.717) is 23.7 Å². The monoisotopic (exact) mass is 375 g/mol. The number of hydrogen-bond donors (Lipinski definition) is 2. The van der Waals surface area contributed by atoms with Crippen LogP contribution < -0.4 is 20.1 Å². The lowest BCUT2D eigenvalue weighted by Crippen LogP contribution is -2.38. The summed E-state index contributed by atoms with van der Waals surface area (Å²) in [6.07, 6.45) is 2.44. The van der Waals surface area contributed by atoms with E-state index in [4.69, 9.17) is 9.47 Å². The molecule has 1 aliphatic heterocycles. The molecule has 1 aliphatic rings. The van der Waals surface area contributed by atoms with Gasteiger partial charge in [-0.1, -0.05) is 0 Å². The van der Waals surface area contributed by atoms with Gasteiger partial charge >= 0.3 is 6.03 Å². The lowest BCUT2D eigenvalue weighted by molar-refractivity contribution is 0.228. The Balaban J connectivity index is 1.62. The number of hydrogen-bond acceptors (Lipinski definition) is 5. The molecule has 1 fully saturated rings. The van der Waals surface area contributed by atoms with Crippen LogP contribution in [0.3, 0.4) is 0 Å². The molecule has 2 amide bonds. The van der Waals surface area contributed by atoms with Crippen molar-refractivity contribution in [2.24, 2.45) is 0 Å². The van der Waals surface area contributed by atoms with Crippen LogP contribution in [0.5, 0.6) is 11.5 Å². The van der Waals surface area contributed by atoms with Crippen LogP contribution in [0.25, 0.3) is 0 Å². The average molecular weight is 375 g/mol. The van der Waals surface area contributed by atoms with E-state index < -0.39 is 0 Å². The van der Waals surface area contributed by atoms with E-state index >= 15 is 0 Å². The third-order valence-electron chi connectivity index (χ3n) is 4.62. The number of nitrogens with zero attached hydrogens (tertiary/aromatic N) is 1. The van der Waals surface area contributed by atoms with Crippen LogP contribution in [0.4, 0.5) is 10.5 Å². The number of carbonyl (C=O) groups is 1. The first kappa shape index (κ1) is 18.5. The van der Waals surface area contributed by atoms with Crippen molar-refractivity contribution in [3.8, 4) is 11.5 Å². The van der Waals surface area contributed by atoms with Gasteiger partial charge in [0.1, 0.15) is 11.5 Å². The number of rotatable bonds is 7. The highest BCUT2D eigenvalue weighted by Crippen LogP contribution is 2.29. The molecular weight excluding hydrogens is 350 g/mol. The number of anilines is 1.